The molecule has 1 amide bonds. The number of amides is 1. The van der Waals surface area contributed by atoms with Gasteiger partial charge in [0.1, 0.15) is 11.4 Å². The van der Waals surface area contributed by atoms with Crippen LogP contribution in [-0.2, 0) is 6.42 Å². The van der Waals surface area contributed by atoms with Crippen LogP contribution < -0.4 is 27.6 Å². The standard InChI is InChI=1S/C21H21N5O3/c22-17-18(25-21(29)26-19(17)27)20(28)24-16-11-5-8-13-14(16)9-4-10-15(13)23-12-6-2-1-3-7-12/h1-4,6-7,9-10,16,23H,5,8,11,22H2,(H,24,28)(H2,25,26,27,29)/t16-/m1/s1. The van der Waals surface area contributed by atoms with Crippen LogP contribution in [0, 0.1) is 0 Å². The molecule has 3 aromatic rings. The van der Waals surface area contributed by atoms with Gasteiger partial charge in [-0.25, -0.2) is 4.79 Å². The SMILES string of the molecule is Nc1c(C(=O)N[C@@H]2CCCc3c(Nc4ccccc4)cccc32)[nH]c(=O)[nH]c1=O. The van der Waals surface area contributed by atoms with E-state index >= 15 is 0 Å². The van der Waals surface area contributed by atoms with Crippen molar-refractivity contribution in [3.05, 3.63) is 86.2 Å². The Hall–Kier alpha value is -3.81. The van der Waals surface area contributed by atoms with Crippen molar-refractivity contribution in [1.29, 1.82) is 0 Å². The Labute approximate surface area is 166 Å². The molecule has 0 spiro atoms. The van der Waals surface area contributed by atoms with Crippen molar-refractivity contribution in [3.8, 4) is 0 Å². The first-order valence-corrected chi connectivity index (χ1v) is 9.39. The molecule has 8 nitrogen and oxygen atoms in total. The predicted octanol–water partition coefficient (Wildman–Crippen LogP) is 2.20. The number of nitrogens with one attached hydrogen (secondary N) is 4. The summed E-state index contributed by atoms with van der Waals surface area (Å²) in [5.41, 5.74) is 7.73. The Kier molecular flexibility index (Phi) is 4.90. The zero-order valence-corrected chi connectivity index (χ0v) is 15.6. The Bertz CT molecular complexity index is 1170. The zero-order chi connectivity index (χ0) is 20.4. The Morgan fingerprint density at radius 1 is 1.03 bits per heavy atom. The second-order valence-electron chi connectivity index (χ2n) is 6.98. The molecule has 2 aromatic carbocycles. The number of benzene rings is 2. The normalized spacial score (nSPS) is 15.4. The third-order valence-corrected chi connectivity index (χ3v) is 5.07. The maximum atomic E-state index is 12.7. The van der Waals surface area contributed by atoms with E-state index in [9.17, 15) is 14.4 Å². The summed E-state index contributed by atoms with van der Waals surface area (Å²) in [5, 5.41) is 6.34. The van der Waals surface area contributed by atoms with E-state index < -0.39 is 17.2 Å². The first-order chi connectivity index (χ1) is 14.0. The van der Waals surface area contributed by atoms with Crippen molar-refractivity contribution in [2.24, 2.45) is 0 Å². The third kappa shape index (κ3) is 3.77. The highest BCUT2D eigenvalue weighted by atomic mass is 16.2. The van der Waals surface area contributed by atoms with Gasteiger partial charge >= 0.3 is 5.69 Å². The van der Waals surface area contributed by atoms with Crippen molar-refractivity contribution in [3.63, 3.8) is 0 Å². The molecular weight excluding hydrogens is 370 g/mol. The molecule has 1 aliphatic carbocycles. The lowest BCUT2D eigenvalue weighted by Gasteiger charge is -2.28. The number of hydrogen-bond donors (Lipinski definition) is 5. The average molecular weight is 391 g/mol. The average Bonchev–Trinajstić information content (AvgIpc) is 2.72. The van der Waals surface area contributed by atoms with Crippen LogP contribution >= 0.6 is 0 Å². The van der Waals surface area contributed by atoms with Crippen molar-refractivity contribution >= 4 is 23.0 Å². The molecule has 0 bridgehead atoms. The molecule has 148 valence electrons. The minimum Gasteiger partial charge on any atom is -0.392 e. The fourth-order valence-electron chi connectivity index (χ4n) is 3.70. The third-order valence-electron chi connectivity index (χ3n) is 5.07. The Balaban J connectivity index is 1.62. The largest absolute Gasteiger partial charge is 0.392 e. The van der Waals surface area contributed by atoms with Gasteiger partial charge in [-0.2, -0.15) is 0 Å². The number of hydrogen-bond acceptors (Lipinski definition) is 5. The highest BCUT2D eigenvalue weighted by Gasteiger charge is 2.25. The molecule has 1 heterocycles. The summed E-state index contributed by atoms with van der Waals surface area (Å²) in [6.07, 6.45) is 2.54. The van der Waals surface area contributed by atoms with Gasteiger partial charge in [0.05, 0.1) is 6.04 Å². The second-order valence-corrected chi connectivity index (χ2v) is 6.98. The highest BCUT2D eigenvalue weighted by molar-refractivity contribution is 5.97. The van der Waals surface area contributed by atoms with Gasteiger partial charge in [-0.15, -0.1) is 0 Å². The number of H-pyrrole nitrogens is 2. The molecule has 0 radical (unpaired) electrons. The molecule has 0 fully saturated rings. The fraction of sp³-hybridized carbons (Fsp3) is 0.190. The summed E-state index contributed by atoms with van der Waals surface area (Å²) in [7, 11) is 0. The van der Waals surface area contributed by atoms with Crippen LogP contribution in [0.4, 0.5) is 17.1 Å². The van der Waals surface area contributed by atoms with Gasteiger partial charge < -0.3 is 21.4 Å². The van der Waals surface area contributed by atoms with Gasteiger partial charge in [-0.3, -0.25) is 14.6 Å². The number of nitrogens with two attached hydrogens (primary N) is 1. The van der Waals surface area contributed by atoms with Gasteiger partial charge in [0, 0.05) is 11.4 Å². The summed E-state index contributed by atoms with van der Waals surface area (Å²) in [6.45, 7) is 0. The molecule has 8 heteroatoms. The number of aromatic nitrogens is 2. The Morgan fingerprint density at radius 2 is 1.83 bits per heavy atom. The van der Waals surface area contributed by atoms with Crippen LogP contribution in [0.3, 0.4) is 0 Å². The van der Waals surface area contributed by atoms with E-state index in [1.54, 1.807) is 0 Å². The molecule has 1 aromatic heterocycles. The quantitative estimate of drug-likeness (QED) is 0.465. The molecular formula is C21H21N5O3. The minimum atomic E-state index is -0.780. The van der Waals surface area contributed by atoms with E-state index in [0.717, 1.165) is 41.8 Å². The summed E-state index contributed by atoms with van der Waals surface area (Å²) < 4.78 is 0. The van der Waals surface area contributed by atoms with E-state index in [0.29, 0.717) is 0 Å². The molecule has 0 aliphatic heterocycles. The molecule has 0 saturated heterocycles. The van der Waals surface area contributed by atoms with Crippen LogP contribution in [-0.4, -0.2) is 15.9 Å². The van der Waals surface area contributed by atoms with Gasteiger partial charge in [-0.05, 0) is 48.6 Å². The number of carbonyl (C=O) groups is 1. The van der Waals surface area contributed by atoms with Crippen LogP contribution in [0.5, 0.6) is 0 Å². The molecule has 1 aliphatic rings. The lowest BCUT2D eigenvalue weighted by molar-refractivity contribution is 0.0928. The number of rotatable bonds is 4. The zero-order valence-electron chi connectivity index (χ0n) is 15.6. The molecule has 0 unspecified atom stereocenters. The first kappa shape index (κ1) is 18.5. The molecule has 29 heavy (non-hydrogen) atoms. The van der Waals surface area contributed by atoms with Crippen LogP contribution in [0.25, 0.3) is 0 Å². The van der Waals surface area contributed by atoms with Gasteiger partial charge in [0.15, 0.2) is 0 Å². The topological polar surface area (TPSA) is 133 Å². The number of nitrogen functional groups attached to an aromatic ring is 1. The summed E-state index contributed by atoms with van der Waals surface area (Å²) in [4.78, 5) is 40.2. The number of aromatic amines is 2. The number of fused-ring (bicyclic) bond motifs is 1. The van der Waals surface area contributed by atoms with Crippen LogP contribution in [0.1, 0.15) is 40.5 Å². The lowest BCUT2D eigenvalue weighted by atomic mass is 9.86. The smallest absolute Gasteiger partial charge is 0.326 e. The Morgan fingerprint density at radius 3 is 2.62 bits per heavy atom. The lowest BCUT2D eigenvalue weighted by Crippen LogP contribution is -2.36. The molecule has 6 N–H and O–H groups in total. The second kappa shape index (κ2) is 7.67. The first-order valence-electron chi connectivity index (χ1n) is 9.39. The van der Waals surface area contributed by atoms with E-state index in [1.807, 2.05) is 53.5 Å². The molecule has 1 atom stereocenters. The van der Waals surface area contributed by atoms with E-state index in [4.69, 9.17) is 5.73 Å². The van der Waals surface area contributed by atoms with Crippen LogP contribution in [0.15, 0.2) is 58.1 Å². The number of carbonyl (C=O) groups excluding carboxylic acids is 1. The van der Waals surface area contributed by atoms with Gasteiger partial charge in [0.2, 0.25) is 0 Å². The van der Waals surface area contributed by atoms with E-state index in [2.05, 4.69) is 15.6 Å². The predicted molar refractivity (Wildman–Crippen MR) is 111 cm³/mol. The van der Waals surface area contributed by atoms with Crippen molar-refractivity contribution in [2.75, 3.05) is 11.1 Å². The van der Waals surface area contributed by atoms with Crippen LogP contribution in [0.2, 0.25) is 0 Å². The molecule has 0 saturated carbocycles. The van der Waals surface area contributed by atoms with E-state index in [-0.39, 0.29) is 17.4 Å². The monoisotopic (exact) mass is 391 g/mol. The van der Waals surface area contributed by atoms with Gasteiger partial charge in [0.25, 0.3) is 11.5 Å². The highest BCUT2D eigenvalue weighted by Crippen LogP contribution is 2.35. The summed E-state index contributed by atoms with van der Waals surface area (Å²) >= 11 is 0. The fourth-order valence-corrected chi connectivity index (χ4v) is 3.70. The summed E-state index contributed by atoms with van der Waals surface area (Å²) in [6, 6.07) is 15.6. The maximum Gasteiger partial charge on any atom is 0.326 e. The minimum absolute atomic E-state index is 0.218. The number of anilines is 3. The van der Waals surface area contributed by atoms with Crippen molar-refractivity contribution in [1.82, 2.24) is 15.3 Å². The van der Waals surface area contributed by atoms with Crippen molar-refractivity contribution < 1.29 is 4.79 Å². The molecule has 4 rings (SSSR count). The maximum absolute atomic E-state index is 12.7. The van der Waals surface area contributed by atoms with E-state index in [1.165, 1.54) is 0 Å². The van der Waals surface area contributed by atoms with Gasteiger partial charge in [-0.1, -0.05) is 30.3 Å². The summed E-state index contributed by atoms with van der Waals surface area (Å²) in [5.74, 6) is -0.579. The van der Waals surface area contributed by atoms with Crippen molar-refractivity contribution in [2.45, 2.75) is 25.3 Å². The number of para-hydroxylation sites is 1.